The molecule has 3 heterocycles. The smallest absolute Gasteiger partial charge is 0.273 e. The summed E-state index contributed by atoms with van der Waals surface area (Å²) in [5, 5.41) is 15.3. The molecular weight excluding hydrogens is 442 g/mol. The van der Waals surface area contributed by atoms with Crippen molar-refractivity contribution >= 4 is 28.4 Å². The van der Waals surface area contributed by atoms with Gasteiger partial charge in [-0.25, -0.2) is 4.98 Å². The molecule has 0 fully saturated rings. The van der Waals surface area contributed by atoms with Gasteiger partial charge in [-0.05, 0) is 38.8 Å². The van der Waals surface area contributed by atoms with Crippen molar-refractivity contribution in [2.75, 3.05) is 11.9 Å². The van der Waals surface area contributed by atoms with Gasteiger partial charge in [-0.1, -0.05) is 32.0 Å². The van der Waals surface area contributed by atoms with Crippen LogP contribution in [-0.4, -0.2) is 42.9 Å². The zero-order valence-electron chi connectivity index (χ0n) is 20.8. The van der Waals surface area contributed by atoms with E-state index in [1.807, 2.05) is 63.6 Å². The molecule has 0 saturated heterocycles. The highest BCUT2D eigenvalue weighted by Gasteiger charge is 2.21. The Morgan fingerprint density at radius 3 is 2.54 bits per heavy atom. The number of carbonyl (C=O) groups is 2. The van der Waals surface area contributed by atoms with Crippen molar-refractivity contribution in [2.45, 2.75) is 47.7 Å². The summed E-state index contributed by atoms with van der Waals surface area (Å²) in [6.07, 6.45) is 3.46. The van der Waals surface area contributed by atoms with Crippen molar-refractivity contribution in [2.24, 2.45) is 5.92 Å². The molecule has 1 aromatic carbocycles. The Bertz CT molecular complexity index is 1380. The van der Waals surface area contributed by atoms with Crippen LogP contribution in [0.25, 0.3) is 22.2 Å². The Hall–Kier alpha value is -4.01. The molecule has 2 N–H and O–H groups in total. The zero-order valence-corrected chi connectivity index (χ0v) is 20.8. The Morgan fingerprint density at radius 1 is 1.09 bits per heavy atom. The molecule has 0 spiro atoms. The van der Waals surface area contributed by atoms with Gasteiger partial charge in [-0.2, -0.15) is 10.2 Å². The maximum Gasteiger partial charge on any atom is 0.273 e. The molecule has 9 nitrogen and oxygen atoms in total. The van der Waals surface area contributed by atoms with Crippen LogP contribution in [0.5, 0.6) is 0 Å². The number of hydrogen-bond acceptors (Lipinski definition) is 5. The van der Waals surface area contributed by atoms with E-state index in [-0.39, 0.29) is 17.5 Å². The van der Waals surface area contributed by atoms with E-state index in [1.54, 1.807) is 23.1 Å². The van der Waals surface area contributed by atoms with Crippen molar-refractivity contribution in [3.8, 4) is 11.3 Å². The summed E-state index contributed by atoms with van der Waals surface area (Å²) >= 11 is 0. The van der Waals surface area contributed by atoms with Gasteiger partial charge < -0.3 is 10.6 Å². The van der Waals surface area contributed by atoms with Crippen molar-refractivity contribution in [1.29, 1.82) is 0 Å². The summed E-state index contributed by atoms with van der Waals surface area (Å²) in [7, 11) is 0. The van der Waals surface area contributed by atoms with Crippen molar-refractivity contribution in [1.82, 2.24) is 29.9 Å². The van der Waals surface area contributed by atoms with E-state index in [0.29, 0.717) is 41.5 Å². The summed E-state index contributed by atoms with van der Waals surface area (Å²) in [5.41, 5.74) is 4.26. The number of nitrogens with zero attached hydrogens (tertiary/aromatic N) is 5. The monoisotopic (exact) mass is 473 g/mol. The molecule has 0 aliphatic heterocycles. The highest BCUT2D eigenvalue weighted by atomic mass is 16.2. The number of aromatic nitrogens is 5. The molecule has 0 aliphatic rings. The number of amides is 2. The molecule has 3 aromatic heterocycles. The van der Waals surface area contributed by atoms with E-state index in [4.69, 9.17) is 4.98 Å². The van der Waals surface area contributed by atoms with Crippen LogP contribution in [0.3, 0.4) is 0 Å². The SMILES string of the molecule is CCn1cc(NC(=O)c2cc(-c3cnn(CC)c3C)nc3ccccc23)c(C(=O)NCC(C)C)n1. The molecule has 9 heteroatoms. The van der Waals surface area contributed by atoms with Crippen LogP contribution < -0.4 is 10.6 Å². The minimum atomic E-state index is -0.334. The lowest BCUT2D eigenvalue weighted by atomic mass is 10.0. The summed E-state index contributed by atoms with van der Waals surface area (Å²) in [4.78, 5) is 31.1. The maximum absolute atomic E-state index is 13.6. The molecule has 2 amide bonds. The third-order valence-corrected chi connectivity index (χ3v) is 5.86. The van der Waals surface area contributed by atoms with Gasteiger partial charge in [-0.3, -0.25) is 19.0 Å². The van der Waals surface area contributed by atoms with Crippen LogP contribution in [0.1, 0.15) is 54.2 Å². The molecule has 182 valence electrons. The van der Waals surface area contributed by atoms with E-state index >= 15 is 0 Å². The quantitative estimate of drug-likeness (QED) is 0.397. The van der Waals surface area contributed by atoms with Gasteiger partial charge in [0.2, 0.25) is 0 Å². The first-order valence-corrected chi connectivity index (χ1v) is 11.9. The number of pyridine rings is 1. The first-order valence-electron chi connectivity index (χ1n) is 11.9. The third kappa shape index (κ3) is 4.94. The van der Waals surface area contributed by atoms with Crippen LogP contribution in [-0.2, 0) is 13.1 Å². The Labute approximate surface area is 204 Å². The zero-order chi connectivity index (χ0) is 25.1. The molecule has 4 rings (SSSR count). The van der Waals surface area contributed by atoms with Crippen LogP contribution in [0, 0.1) is 12.8 Å². The standard InChI is InChI=1S/C26H31N7O2/c1-6-32-15-23(24(31-32)26(35)27-13-16(3)4)30-25(34)19-12-22(20-14-28-33(7-2)17(20)5)29-21-11-9-8-10-18(19)21/h8-12,14-16H,6-7,13H2,1-5H3,(H,27,35)(H,30,34). The minimum absolute atomic E-state index is 0.194. The predicted molar refractivity (Wildman–Crippen MR) is 136 cm³/mol. The summed E-state index contributed by atoms with van der Waals surface area (Å²) in [6, 6.07) is 9.31. The number of benzene rings is 1. The number of nitrogens with one attached hydrogen (secondary N) is 2. The first kappa shape index (κ1) is 24.1. The molecule has 4 aromatic rings. The van der Waals surface area contributed by atoms with E-state index in [2.05, 4.69) is 20.8 Å². The lowest BCUT2D eigenvalue weighted by Gasteiger charge is -2.11. The average Bonchev–Trinajstić information content (AvgIpc) is 3.44. The van der Waals surface area contributed by atoms with Gasteiger partial charge in [0.1, 0.15) is 0 Å². The molecule has 0 bridgehead atoms. The van der Waals surface area contributed by atoms with Crippen molar-refractivity contribution < 1.29 is 9.59 Å². The van der Waals surface area contributed by atoms with Crippen molar-refractivity contribution in [3.63, 3.8) is 0 Å². The van der Waals surface area contributed by atoms with Crippen LogP contribution in [0.4, 0.5) is 5.69 Å². The summed E-state index contributed by atoms with van der Waals surface area (Å²) in [6.45, 7) is 11.8. The number of aryl methyl sites for hydroxylation is 2. The Kier molecular flexibility index (Phi) is 6.95. The molecule has 0 saturated carbocycles. The second kappa shape index (κ2) is 10.1. The highest BCUT2D eigenvalue weighted by molar-refractivity contribution is 6.14. The normalized spacial score (nSPS) is 11.3. The molecule has 0 radical (unpaired) electrons. The Morgan fingerprint density at radius 2 is 1.86 bits per heavy atom. The average molecular weight is 474 g/mol. The fourth-order valence-electron chi connectivity index (χ4n) is 3.93. The number of anilines is 1. The van der Waals surface area contributed by atoms with Crippen LogP contribution in [0.2, 0.25) is 0 Å². The second-order valence-electron chi connectivity index (χ2n) is 8.84. The largest absolute Gasteiger partial charge is 0.350 e. The number of fused-ring (bicyclic) bond motifs is 1. The van der Waals surface area contributed by atoms with E-state index in [0.717, 1.165) is 23.2 Å². The number of carbonyl (C=O) groups excluding carboxylic acids is 2. The van der Waals surface area contributed by atoms with Gasteiger partial charge in [-0.15, -0.1) is 0 Å². The van der Waals surface area contributed by atoms with Gasteiger partial charge in [0.15, 0.2) is 5.69 Å². The maximum atomic E-state index is 13.6. The fourth-order valence-corrected chi connectivity index (χ4v) is 3.93. The minimum Gasteiger partial charge on any atom is -0.350 e. The first-order chi connectivity index (χ1) is 16.8. The lowest BCUT2D eigenvalue weighted by Crippen LogP contribution is -2.28. The lowest BCUT2D eigenvalue weighted by molar-refractivity contribution is 0.0944. The number of para-hydroxylation sites is 1. The fraction of sp³-hybridized carbons (Fsp3) is 0.346. The summed E-state index contributed by atoms with van der Waals surface area (Å²) in [5.74, 6) is -0.351. The van der Waals surface area contributed by atoms with E-state index in [9.17, 15) is 9.59 Å². The van der Waals surface area contributed by atoms with Gasteiger partial charge in [0, 0.05) is 42.5 Å². The molecular formula is C26H31N7O2. The van der Waals surface area contributed by atoms with Crippen molar-refractivity contribution in [3.05, 3.63) is 59.7 Å². The van der Waals surface area contributed by atoms with Crippen LogP contribution in [0.15, 0.2) is 42.7 Å². The van der Waals surface area contributed by atoms with Gasteiger partial charge in [0.05, 0.1) is 28.7 Å². The second-order valence-corrected chi connectivity index (χ2v) is 8.84. The van der Waals surface area contributed by atoms with E-state index in [1.165, 1.54) is 0 Å². The van der Waals surface area contributed by atoms with Gasteiger partial charge in [0.25, 0.3) is 11.8 Å². The molecule has 0 atom stereocenters. The third-order valence-electron chi connectivity index (χ3n) is 5.86. The predicted octanol–water partition coefficient (Wildman–Crippen LogP) is 4.28. The summed E-state index contributed by atoms with van der Waals surface area (Å²) < 4.78 is 3.53. The van der Waals surface area contributed by atoms with Crippen LogP contribution >= 0.6 is 0 Å². The van der Waals surface area contributed by atoms with Gasteiger partial charge >= 0.3 is 0 Å². The molecule has 35 heavy (non-hydrogen) atoms. The van der Waals surface area contributed by atoms with E-state index < -0.39 is 0 Å². The highest BCUT2D eigenvalue weighted by Crippen LogP contribution is 2.28. The molecule has 0 unspecified atom stereocenters. The topological polar surface area (TPSA) is 107 Å². The molecule has 0 aliphatic carbocycles. The number of rotatable bonds is 8. The Balaban J connectivity index is 1.73. The number of hydrogen-bond donors (Lipinski definition) is 2.